The molecular weight excluding hydrogens is 284 g/mol. The van der Waals surface area contributed by atoms with Gasteiger partial charge >= 0.3 is 0 Å². The number of hydrogen-bond acceptors (Lipinski definition) is 3. The average Bonchev–Trinajstić information content (AvgIpc) is 2.53. The van der Waals surface area contributed by atoms with Crippen LogP contribution in [0.1, 0.15) is 30.5 Å². The molecule has 2 aromatic rings. The maximum Gasteiger partial charge on any atom is 0.141 e. The fraction of sp³-hybridized carbons (Fsp3) is 0.353. The molecule has 0 aliphatic heterocycles. The second-order valence-electron chi connectivity index (χ2n) is 4.95. The normalized spacial score (nSPS) is 12.1. The molecule has 1 N–H and O–H groups in total. The molecule has 1 heterocycles. The second kappa shape index (κ2) is 8.01. The highest BCUT2D eigenvalue weighted by Gasteiger charge is 2.16. The summed E-state index contributed by atoms with van der Waals surface area (Å²) < 4.78 is 5.44. The molecule has 1 aromatic carbocycles. The molecule has 21 heavy (non-hydrogen) atoms. The van der Waals surface area contributed by atoms with Gasteiger partial charge in [-0.1, -0.05) is 30.7 Å². The van der Waals surface area contributed by atoms with E-state index in [-0.39, 0.29) is 6.04 Å². The van der Waals surface area contributed by atoms with Crippen LogP contribution in [0.5, 0.6) is 5.75 Å². The second-order valence-corrected chi connectivity index (χ2v) is 5.39. The maximum atomic E-state index is 5.95. The number of halogens is 1. The first-order valence-electron chi connectivity index (χ1n) is 7.20. The van der Waals surface area contributed by atoms with Crippen LogP contribution in [0.2, 0.25) is 5.02 Å². The Hall–Kier alpha value is -1.58. The van der Waals surface area contributed by atoms with Gasteiger partial charge in [-0.2, -0.15) is 0 Å². The maximum absolute atomic E-state index is 5.95. The van der Waals surface area contributed by atoms with Gasteiger partial charge in [-0.15, -0.1) is 0 Å². The summed E-state index contributed by atoms with van der Waals surface area (Å²) in [5, 5.41) is 4.35. The molecule has 0 fully saturated rings. The first kappa shape index (κ1) is 15.8. The molecule has 0 aliphatic rings. The minimum atomic E-state index is 0.198. The van der Waals surface area contributed by atoms with E-state index in [1.54, 1.807) is 19.5 Å². The molecule has 1 aromatic heterocycles. The fourth-order valence-electron chi connectivity index (χ4n) is 2.32. The Balaban J connectivity index is 2.23. The number of pyridine rings is 1. The molecule has 4 heteroatoms. The minimum Gasteiger partial charge on any atom is -0.495 e. The summed E-state index contributed by atoms with van der Waals surface area (Å²) in [6.07, 6.45) is 5.54. The van der Waals surface area contributed by atoms with Gasteiger partial charge in [0.25, 0.3) is 0 Å². The minimum absolute atomic E-state index is 0.198. The van der Waals surface area contributed by atoms with Gasteiger partial charge in [-0.05, 0) is 43.1 Å². The number of hydrogen-bond donors (Lipinski definition) is 1. The molecule has 2 rings (SSSR count). The molecule has 0 aliphatic carbocycles. The van der Waals surface area contributed by atoms with E-state index in [0.29, 0.717) is 0 Å². The molecule has 0 bridgehead atoms. The molecule has 1 unspecified atom stereocenters. The highest BCUT2D eigenvalue weighted by molar-refractivity contribution is 6.30. The molecular formula is C17H21ClN2O. The van der Waals surface area contributed by atoms with Crippen LogP contribution in [-0.2, 0) is 6.42 Å². The summed E-state index contributed by atoms with van der Waals surface area (Å²) in [5.74, 6) is 0.820. The molecule has 0 radical (unpaired) electrons. The van der Waals surface area contributed by atoms with Crippen molar-refractivity contribution in [2.75, 3.05) is 13.7 Å². The van der Waals surface area contributed by atoms with E-state index in [4.69, 9.17) is 16.3 Å². The van der Waals surface area contributed by atoms with Gasteiger partial charge in [0.15, 0.2) is 0 Å². The lowest BCUT2D eigenvalue weighted by Crippen LogP contribution is -2.24. The number of benzene rings is 1. The monoisotopic (exact) mass is 304 g/mol. The number of rotatable bonds is 7. The Morgan fingerprint density at radius 1 is 1.24 bits per heavy atom. The van der Waals surface area contributed by atoms with Gasteiger partial charge in [0.2, 0.25) is 0 Å². The molecule has 1 atom stereocenters. The van der Waals surface area contributed by atoms with Crippen LogP contribution >= 0.6 is 11.6 Å². The van der Waals surface area contributed by atoms with E-state index in [1.165, 1.54) is 5.56 Å². The Morgan fingerprint density at radius 3 is 2.67 bits per heavy atom. The van der Waals surface area contributed by atoms with E-state index < -0.39 is 0 Å². The van der Waals surface area contributed by atoms with Crippen LogP contribution < -0.4 is 10.1 Å². The van der Waals surface area contributed by atoms with Gasteiger partial charge in [0.1, 0.15) is 5.75 Å². The third-order valence-corrected chi connectivity index (χ3v) is 3.66. The smallest absolute Gasteiger partial charge is 0.141 e. The quantitative estimate of drug-likeness (QED) is 0.838. The zero-order valence-electron chi connectivity index (χ0n) is 12.5. The highest BCUT2D eigenvalue weighted by atomic mass is 35.5. The van der Waals surface area contributed by atoms with E-state index in [9.17, 15) is 0 Å². The first-order chi connectivity index (χ1) is 10.2. The number of nitrogens with one attached hydrogen (secondary N) is 1. The van der Waals surface area contributed by atoms with Crippen molar-refractivity contribution in [3.63, 3.8) is 0 Å². The zero-order chi connectivity index (χ0) is 15.1. The fourth-order valence-corrected chi connectivity index (χ4v) is 2.44. The van der Waals surface area contributed by atoms with Crippen molar-refractivity contribution in [1.29, 1.82) is 0 Å². The molecule has 0 spiro atoms. The SMILES string of the molecule is CCCNC(Cc1ccc(Cl)cc1)c1ccncc1OC. The van der Waals surface area contributed by atoms with Crippen LogP contribution in [0, 0.1) is 0 Å². The summed E-state index contributed by atoms with van der Waals surface area (Å²) in [4.78, 5) is 4.13. The highest BCUT2D eigenvalue weighted by Crippen LogP contribution is 2.27. The van der Waals surface area contributed by atoms with E-state index >= 15 is 0 Å². The number of nitrogens with zero attached hydrogens (tertiary/aromatic N) is 1. The van der Waals surface area contributed by atoms with Gasteiger partial charge in [-0.3, -0.25) is 4.98 Å². The standard InChI is InChI=1S/C17H21ClN2O/c1-3-9-20-16(11-13-4-6-14(18)7-5-13)15-8-10-19-12-17(15)21-2/h4-8,10,12,16,20H,3,9,11H2,1-2H3. The van der Waals surface area contributed by atoms with Gasteiger partial charge in [0, 0.05) is 22.8 Å². The van der Waals surface area contributed by atoms with E-state index in [0.717, 1.165) is 35.7 Å². The van der Waals surface area contributed by atoms with Crippen molar-refractivity contribution >= 4 is 11.6 Å². The van der Waals surface area contributed by atoms with Crippen LogP contribution in [0.25, 0.3) is 0 Å². The van der Waals surface area contributed by atoms with Crippen molar-refractivity contribution in [3.8, 4) is 5.75 Å². The summed E-state index contributed by atoms with van der Waals surface area (Å²) in [7, 11) is 1.68. The topological polar surface area (TPSA) is 34.2 Å². The van der Waals surface area contributed by atoms with Crippen molar-refractivity contribution in [2.45, 2.75) is 25.8 Å². The van der Waals surface area contributed by atoms with Crippen LogP contribution in [0.15, 0.2) is 42.7 Å². The zero-order valence-corrected chi connectivity index (χ0v) is 13.2. The van der Waals surface area contributed by atoms with Crippen molar-refractivity contribution in [3.05, 3.63) is 58.9 Å². The number of aromatic nitrogens is 1. The van der Waals surface area contributed by atoms with Crippen LogP contribution in [-0.4, -0.2) is 18.6 Å². The Bertz CT molecular complexity index is 557. The predicted molar refractivity (Wildman–Crippen MR) is 87.0 cm³/mol. The Morgan fingerprint density at radius 2 is 2.00 bits per heavy atom. The van der Waals surface area contributed by atoms with Gasteiger partial charge in [-0.25, -0.2) is 0 Å². The van der Waals surface area contributed by atoms with E-state index in [1.807, 2.05) is 18.2 Å². The lowest BCUT2D eigenvalue weighted by atomic mass is 9.99. The predicted octanol–water partition coefficient (Wildman–Crippen LogP) is 4.03. The number of methoxy groups -OCH3 is 1. The summed E-state index contributed by atoms with van der Waals surface area (Å²) in [6, 6.07) is 10.2. The third kappa shape index (κ3) is 4.45. The van der Waals surface area contributed by atoms with Crippen molar-refractivity contribution in [2.24, 2.45) is 0 Å². The molecule has 0 saturated heterocycles. The Kier molecular flexibility index (Phi) is 6.03. The van der Waals surface area contributed by atoms with E-state index in [2.05, 4.69) is 29.4 Å². The van der Waals surface area contributed by atoms with Crippen LogP contribution in [0.3, 0.4) is 0 Å². The summed E-state index contributed by atoms with van der Waals surface area (Å²) in [6.45, 7) is 3.12. The van der Waals surface area contributed by atoms with Gasteiger partial charge < -0.3 is 10.1 Å². The van der Waals surface area contributed by atoms with Crippen molar-refractivity contribution in [1.82, 2.24) is 10.3 Å². The lowest BCUT2D eigenvalue weighted by molar-refractivity contribution is 0.396. The summed E-state index contributed by atoms with van der Waals surface area (Å²) in [5.41, 5.74) is 2.38. The molecule has 0 saturated carbocycles. The lowest BCUT2D eigenvalue weighted by Gasteiger charge is -2.21. The molecule has 0 amide bonds. The molecule has 112 valence electrons. The van der Waals surface area contributed by atoms with Crippen molar-refractivity contribution < 1.29 is 4.74 Å². The van der Waals surface area contributed by atoms with Crippen LogP contribution in [0.4, 0.5) is 0 Å². The largest absolute Gasteiger partial charge is 0.495 e. The summed E-state index contributed by atoms with van der Waals surface area (Å²) >= 11 is 5.95. The molecule has 3 nitrogen and oxygen atoms in total. The number of ether oxygens (including phenoxy) is 1. The third-order valence-electron chi connectivity index (χ3n) is 3.41. The first-order valence-corrected chi connectivity index (χ1v) is 7.58. The van der Waals surface area contributed by atoms with Gasteiger partial charge in [0.05, 0.1) is 13.3 Å². The Labute approximate surface area is 131 Å². The average molecular weight is 305 g/mol.